The summed E-state index contributed by atoms with van der Waals surface area (Å²) < 4.78 is 0. The molecule has 0 saturated heterocycles. The van der Waals surface area contributed by atoms with Crippen LogP contribution in [0.5, 0.6) is 0 Å². The molecule has 0 saturated carbocycles. The molecule has 3 nitrogen and oxygen atoms in total. The van der Waals surface area contributed by atoms with Crippen molar-refractivity contribution >= 4 is 11.7 Å². The fraction of sp³-hybridized carbons (Fsp3) is 0.364. The van der Waals surface area contributed by atoms with E-state index >= 15 is 0 Å². The lowest BCUT2D eigenvalue weighted by molar-refractivity contribution is -0.140. The monoisotopic (exact) mass is 193 g/mol. The number of hydrogen-bond acceptors (Lipinski definition) is 2. The van der Waals surface area contributed by atoms with E-state index in [-0.39, 0.29) is 5.92 Å². The highest BCUT2D eigenvalue weighted by Gasteiger charge is 2.13. The molecule has 0 aliphatic carbocycles. The highest BCUT2D eigenvalue weighted by Crippen LogP contribution is 2.12. The van der Waals surface area contributed by atoms with Crippen molar-refractivity contribution in [1.29, 1.82) is 0 Å². The lowest BCUT2D eigenvalue weighted by atomic mass is 10.1. The van der Waals surface area contributed by atoms with Gasteiger partial charge in [0.25, 0.3) is 0 Å². The first-order valence-corrected chi connectivity index (χ1v) is 4.60. The maximum absolute atomic E-state index is 10.6. The highest BCUT2D eigenvalue weighted by atomic mass is 16.4. The van der Waals surface area contributed by atoms with Crippen LogP contribution in [-0.2, 0) is 4.79 Å². The number of carboxylic acids is 1. The Balaban J connectivity index is 2.59. The van der Waals surface area contributed by atoms with E-state index in [1.54, 1.807) is 6.92 Å². The molecule has 1 aromatic carbocycles. The third-order valence-corrected chi connectivity index (χ3v) is 2.17. The first-order valence-electron chi connectivity index (χ1n) is 4.60. The molecule has 1 aromatic rings. The zero-order chi connectivity index (χ0) is 10.6. The van der Waals surface area contributed by atoms with Gasteiger partial charge >= 0.3 is 5.97 Å². The molecule has 3 heteroatoms. The van der Waals surface area contributed by atoms with E-state index in [9.17, 15) is 4.79 Å². The minimum Gasteiger partial charge on any atom is -0.481 e. The third-order valence-electron chi connectivity index (χ3n) is 2.17. The quantitative estimate of drug-likeness (QED) is 0.793. The molecule has 0 fully saturated rings. The van der Waals surface area contributed by atoms with Gasteiger partial charge in [-0.3, -0.25) is 4.79 Å². The summed E-state index contributed by atoms with van der Waals surface area (Å²) in [6.07, 6.45) is 0. The van der Waals surface area contributed by atoms with Gasteiger partial charge in [0.05, 0.1) is 5.92 Å². The van der Waals surface area contributed by atoms with Crippen LogP contribution in [0.1, 0.15) is 6.92 Å². The van der Waals surface area contributed by atoms with Gasteiger partial charge in [-0.05, 0) is 12.1 Å². The normalized spacial score (nSPS) is 12.1. The largest absolute Gasteiger partial charge is 0.481 e. The summed E-state index contributed by atoms with van der Waals surface area (Å²) in [5.74, 6) is -1.10. The van der Waals surface area contributed by atoms with Crippen molar-refractivity contribution in [2.45, 2.75) is 6.92 Å². The van der Waals surface area contributed by atoms with E-state index in [4.69, 9.17) is 5.11 Å². The number of aliphatic carboxylic acids is 1. The van der Waals surface area contributed by atoms with Crippen molar-refractivity contribution in [3.8, 4) is 0 Å². The number of carbonyl (C=O) groups is 1. The van der Waals surface area contributed by atoms with Crippen molar-refractivity contribution in [2.75, 3.05) is 18.5 Å². The summed E-state index contributed by atoms with van der Waals surface area (Å²) in [5, 5.41) is 8.75. The van der Waals surface area contributed by atoms with Gasteiger partial charge in [-0.1, -0.05) is 25.1 Å². The second-order valence-electron chi connectivity index (χ2n) is 3.46. The topological polar surface area (TPSA) is 40.5 Å². The van der Waals surface area contributed by atoms with Crippen molar-refractivity contribution in [2.24, 2.45) is 5.92 Å². The van der Waals surface area contributed by atoms with E-state index in [1.807, 2.05) is 42.3 Å². The van der Waals surface area contributed by atoms with Crippen molar-refractivity contribution in [3.63, 3.8) is 0 Å². The van der Waals surface area contributed by atoms with E-state index in [1.165, 1.54) is 0 Å². The molecule has 1 rings (SSSR count). The summed E-state index contributed by atoms with van der Waals surface area (Å²) in [5.41, 5.74) is 1.04. The van der Waals surface area contributed by atoms with Crippen LogP contribution in [0.15, 0.2) is 30.3 Å². The molecule has 0 heterocycles. The number of para-hydroxylation sites is 1. The Morgan fingerprint density at radius 3 is 2.50 bits per heavy atom. The highest BCUT2D eigenvalue weighted by molar-refractivity contribution is 5.70. The average molecular weight is 193 g/mol. The maximum atomic E-state index is 10.6. The molecular formula is C11H15NO2. The summed E-state index contributed by atoms with van der Waals surface area (Å²) in [6.45, 7) is 2.24. The van der Waals surface area contributed by atoms with E-state index in [0.29, 0.717) is 6.54 Å². The van der Waals surface area contributed by atoms with E-state index < -0.39 is 5.97 Å². The van der Waals surface area contributed by atoms with Crippen LogP contribution in [0.25, 0.3) is 0 Å². The average Bonchev–Trinajstić information content (AvgIpc) is 2.19. The van der Waals surface area contributed by atoms with Gasteiger partial charge in [-0.15, -0.1) is 0 Å². The molecular weight excluding hydrogens is 178 g/mol. The smallest absolute Gasteiger partial charge is 0.308 e. The number of nitrogens with zero attached hydrogens (tertiary/aromatic N) is 1. The molecule has 0 aliphatic heterocycles. The van der Waals surface area contributed by atoms with Gasteiger partial charge in [0.15, 0.2) is 0 Å². The van der Waals surface area contributed by atoms with E-state index in [0.717, 1.165) is 5.69 Å². The first-order chi connectivity index (χ1) is 6.61. The first kappa shape index (κ1) is 10.6. The molecule has 0 radical (unpaired) electrons. The van der Waals surface area contributed by atoms with Gasteiger partial charge < -0.3 is 10.0 Å². The molecule has 0 bridgehead atoms. The number of rotatable bonds is 4. The van der Waals surface area contributed by atoms with Gasteiger partial charge in [-0.25, -0.2) is 0 Å². The number of hydrogen-bond donors (Lipinski definition) is 1. The second kappa shape index (κ2) is 4.65. The van der Waals surface area contributed by atoms with Crippen molar-refractivity contribution in [1.82, 2.24) is 0 Å². The van der Waals surface area contributed by atoms with Crippen LogP contribution in [0.2, 0.25) is 0 Å². The Morgan fingerprint density at radius 2 is 2.00 bits per heavy atom. The standard InChI is InChI=1S/C11H15NO2/c1-9(11(13)14)8-12(2)10-6-4-3-5-7-10/h3-7,9H,8H2,1-2H3,(H,13,14)/t9-/m1/s1. The SMILES string of the molecule is C[C@H](CN(C)c1ccccc1)C(=O)O. The Bertz CT molecular complexity index is 297. The fourth-order valence-corrected chi connectivity index (χ4v) is 1.28. The van der Waals surface area contributed by atoms with Gasteiger partial charge in [0, 0.05) is 19.3 Å². The van der Waals surface area contributed by atoms with Crippen LogP contribution in [0.3, 0.4) is 0 Å². The molecule has 0 aromatic heterocycles. The molecule has 0 aliphatic rings. The minimum atomic E-state index is -0.757. The fourth-order valence-electron chi connectivity index (χ4n) is 1.28. The second-order valence-corrected chi connectivity index (χ2v) is 3.46. The Kier molecular flexibility index (Phi) is 3.51. The summed E-state index contributed by atoms with van der Waals surface area (Å²) >= 11 is 0. The van der Waals surface area contributed by atoms with Gasteiger partial charge in [0.1, 0.15) is 0 Å². The lowest BCUT2D eigenvalue weighted by Crippen LogP contribution is -2.28. The number of benzene rings is 1. The zero-order valence-electron chi connectivity index (χ0n) is 8.47. The van der Waals surface area contributed by atoms with Crippen molar-refractivity contribution < 1.29 is 9.90 Å². The van der Waals surface area contributed by atoms with Gasteiger partial charge in [0.2, 0.25) is 0 Å². The van der Waals surface area contributed by atoms with Gasteiger partial charge in [-0.2, -0.15) is 0 Å². The predicted molar refractivity (Wildman–Crippen MR) is 56.5 cm³/mol. The van der Waals surface area contributed by atoms with Crippen LogP contribution in [0.4, 0.5) is 5.69 Å². The molecule has 76 valence electrons. The third kappa shape index (κ3) is 2.76. The summed E-state index contributed by atoms with van der Waals surface area (Å²) in [6, 6.07) is 9.76. The minimum absolute atomic E-state index is 0.347. The van der Waals surface area contributed by atoms with E-state index in [2.05, 4.69) is 0 Å². The summed E-state index contributed by atoms with van der Waals surface area (Å²) in [4.78, 5) is 12.6. The number of carboxylic acid groups (broad SMARTS) is 1. The van der Waals surface area contributed by atoms with Crippen LogP contribution < -0.4 is 4.90 Å². The zero-order valence-corrected chi connectivity index (χ0v) is 8.47. The maximum Gasteiger partial charge on any atom is 0.308 e. The number of anilines is 1. The summed E-state index contributed by atoms with van der Waals surface area (Å²) in [7, 11) is 1.90. The van der Waals surface area contributed by atoms with Crippen molar-refractivity contribution in [3.05, 3.63) is 30.3 Å². The molecule has 0 amide bonds. The predicted octanol–water partition coefficient (Wildman–Crippen LogP) is 1.84. The Labute approximate surface area is 84.0 Å². The Morgan fingerprint density at radius 1 is 1.43 bits per heavy atom. The lowest BCUT2D eigenvalue weighted by Gasteiger charge is -2.21. The molecule has 1 N–H and O–H groups in total. The molecule has 1 atom stereocenters. The van der Waals surface area contributed by atoms with Crippen LogP contribution in [0, 0.1) is 5.92 Å². The molecule has 14 heavy (non-hydrogen) atoms. The van der Waals surface area contributed by atoms with Crippen LogP contribution >= 0.6 is 0 Å². The molecule has 0 unspecified atom stereocenters. The van der Waals surface area contributed by atoms with Crippen LogP contribution in [-0.4, -0.2) is 24.7 Å². The molecule has 0 spiro atoms. The Hall–Kier alpha value is -1.51.